The van der Waals surface area contributed by atoms with Crippen LogP contribution in [0.2, 0.25) is 0 Å². The van der Waals surface area contributed by atoms with Crippen molar-refractivity contribution in [3.63, 3.8) is 0 Å². The Hall–Kier alpha value is -1.31. The summed E-state index contributed by atoms with van der Waals surface area (Å²) in [6.45, 7) is 6.21. The second-order valence-electron chi connectivity index (χ2n) is 6.88. The third-order valence-electron chi connectivity index (χ3n) is 3.99. The molecule has 0 aromatic carbocycles. The first-order valence-corrected chi connectivity index (χ1v) is 8.21. The molecular formula is C17H23NO2S. The van der Waals surface area contributed by atoms with Crippen LogP contribution in [0.1, 0.15) is 56.9 Å². The molecule has 114 valence electrons. The van der Waals surface area contributed by atoms with Crippen molar-refractivity contribution in [2.45, 2.75) is 58.0 Å². The first kappa shape index (κ1) is 16.1. The molecule has 2 rings (SSSR count). The minimum Gasteiger partial charge on any atom is -0.393 e. The zero-order valence-electron chi connectivity index (χ0n) is 12.9. The Labute approximate surface area is 130 Å². The average Bonchev–Trinajstić information content (AvgIpc) is 2.86. The predicted molar refractivity (Wildman–Crippen MR) is 86.0 cm³/mol. The van der Waals surface area contributed by atoms with Gasteiger partial charge in [0.1, 0.15) is 0 Å². The number of hydrogen-bond acceptors (Lipinski definition) is 3. The van der Waals surface area contributed by atoms with Crippen LogP contribution < -0.4 is 5.73 Å². The lowest BCUT2D eigenvalue weighted by Gasteiger charge is -2.35. The van der Waals surface area contributed by atoms with Gasteiger partial charge in [0.15, 0.2) is 0 Å². The number of aliphatic hydroxyl groups is 1. The predicted octanol–water partition coefficient (Wildman–Crippen LogP) is 2.80. The van der Waals surface area contributed by atoms with Gasteiger partial charge >= 0.3 is 0 Å². The van der Waals surface area contributed by atoms with Gasteiger partial charge in [0.2, 0.25) is 5.91 Å². The van der Waals surface area contributed by atoms with Gasteiger partial charge in [0, 0.05) is 5.41 Å². The van der Waals surface area contributed by atoms with Crippen molar-refractivity contribution in [1.29, 1.82) is 0 Å². The van der Waals surface area contributed by atoms with E-state index in [-0.39, 0.29) is 17.4 Å². The van der Waals surface area contributed by atoms with E-state index in [1.165, 1.54) is 0 Å². The van der Waals surface area contributed by atoms with E-state index in [4.69, 9.17) is 5.73 Å². The molecular weight excluding hydrogens is 282 g/mol. The summed E-state index contributed by atoms with van der Waals surface area (Å²) in [6.07, 6.45) is 2.18. The topological polar surface area (TPSA) is 63.3 Å². The monoisotopic (exact) mass is 305 g/mol. The smallest absolute Gasteiger partial charge is 0.228 e. The highest BCUT2D eigenvalue weighted by Gasteiger charge is 2.42. The molecule has 21 heavy (non-hydrogen) atoms. The van der Waals surface area contributed by atoms with Crippen LogP contribution in [0.15, 0.2) is 11.4 Å². The number of amides is 1. The molecule has 1 aromatic heterocycles. The summed E-state index contributed by atoms with van der Waals surface area (Å²) < 4.78 is 0. The summed E-state index contributed by atoms with van der Waals surface area (Å²) in [7, 11) is 0. The number of carbonyl (C=O) groups excluding carboxylic acids is 1. The first-order valence-electron chi connectivity index (χ1n) is 7.33. The van der Waals surface area contributed by atoms with Crippen LogP contribution in [0.5, 0.6) is 0 Å². The molecule has 0 aliphatic heterocycles. The van der Waals surface area contributed by atoms with Gasteiger partial charge in [-0.25, -0.2) is 0 Å². The van der Waals surface area contributed by atoms with Crippen molar-refractivity contribution in [3.8, 4) is 11.8 Å². The molecule has 3 nitrogen and oxygen atoms in total. The molecule has 3 N–H and O–H groups in total. The number of hydrogen-bond donors (Lipinski definition) is 2. The third-order valence-corrected chi connectivity index (χ3v) is 4.84. The highest BCUT2D eigenvalue weighted by molar-refractivity contribution is 7.10. The molecule has 0 atom stereocenters. The number of aliphatic hydroxyl groups excluding tert-OH is 1. The molecule has 1 aliphatic rings. The second kappa shape index (κ2) is 5.82. The van der Waals surface area contributed by atoms with E-state index < -0.39 is 5.41 Å². The van der Waals surface area contributed by atoms with E-state index in [1.54, 1.807) is 11.3 Å². The second-order valence-corrected chi connectivity index (χ2v) is 7.79. The molecule has 1 aliphatic carbocycles. The molecule has 0 bridgehead atoms. The summed E-state index contributed by atoms with van der Waals surface area (Å²) in [5.41, 5.74) is 5.97. The van der Waals surface area contributed by atoms with Gasteiger partial charge in [0.25, 0.3) is 0 Å². The van der Waals surface area contributed by atoms with Crippen LogP contribution in [0.3, 0.4) is 0 Å². The molecule has 0 spiro atoms. The maximum absolute atomic E-state index is 12.0. The number of nitrogens with two attached hydrogens (primary N) is 1. The number of rotatable bonds is 2. The highest BCUT2D eigenvalue weighted by atomic mass is 32.1. The van der Waals surface area contributed by atoms with Crippen molar-refractivity contribution >= 4 is 17.2 Å². The van der Waals surface area contributed by atoms with Crippen LogP contribution in [0, 0.1) is 17.3 Å². The van der Waals surface area contributed by atoms with Crippen molar-refractivity contribution < 1.29 is 9.90 Å². The Morgan fingerprint density at radius 2 is 2.05 bits per heavy atom. The van der Waals surface area contributed by atoms with E-state index >= 15 is 0 Å². The van der Waals surface area contributed by atoms with E-state index in [0.29, 0.717) is 25.7 Å². The van der Waals surface area contributed by atoms with Crippen molar-refractivity contribution in [2.75, 3.05) is 0 Å². The zero-order valence-corrected chi connectivity index (χ0v) is 13.7. The molecule has 1 heterocycles. The lowest BCUT2D eigenvalue weighted by molar-refractivity contribution is -0.125. The van der Waals surface area contributed by atoms with Crippen molar-refractivity contribution in [1.82, 2.24) is 0 Å². The maximum Gasteiger partial charge on any atom is 0.228 e. The molecule has 1 aromatic rings. The normalized spacial score (nSPS) is 26.0. The van der Waals surface area contributed by atoms with Gasteiger partial charge in [0.05, 0.1) is 16.4 Å². The van der Waals surface area contributed by atoms with Crippen LogP contribution in [0.25, 0.3) is 0 Å². The number of primary amides is 1. The van der Waals surface area contributed by atoms with Gasteiger partial charge < -0.3 is 10.8 Å². The summed E-state index contributed by atoms with van der Waals surface area (Å²) in [4.78, 5) is 13.0. The summed E-state index contributed by atoms with van der Waals surface area (Å²) >= 11 is 1.56. The van der Waals surface area contributed by atoms with Crippen LogP contribution in [0.4, 0.5) is 0 Å². The van der Waals surface area contributed by atoms with E-state index in [0.717, 1.165) is 10.4 Å². The fourth-order valence-corrected chi connectivity index (χ4v) is 3.53. The molecule has 0 unspecified atom stereocenters. The SMILES string of the molecule is CC(C)(C)C#Cc1cc(C2(C(N)=O)CCC(O)CC2)cs1. The average molecular weight is 305 g/mol. The lowest BCUT2D eigenvalue weighted by atomic mass is 9.69. The Morgan fingerprint density at radius 1 is 1.43 bits per heavy atom. The molecule has 0 radical (unpaired) electrons. The fraction of sp³-hybridized carbons (Fsp3) is 0.588. The van der Waals surface area contributed by atoms with E-state index in [9.17, 15) is 9.90 Å². The van der Waals surface area contributed by atoms with Gasteiger partial charge in [-0.05, 0) is 63.5 Å². The highest BCUT2D eigenvalue weighted by Crippen LogP contribution is 2.41. The van der Waals surface area contributed by atoms with Gasteiger partial charge in [-0.3, -0.25) is 4.79 Å². The maximum atomic E-state index is 12.0. The molecule has 4 heteroatoms. The third kappa shape index (κ3) is 3.66. The molecule has 1 amide bonds. The Balaban J connectivity index is 2.29. The summed E-state index contributed by atoms with van der Waals surface area (Å²) in [6, 6.07) is 1.99. The van der Waals surface area contributed by atoms with Gasteiger partial charge in [-0.15, -0.1) is 11.3 Å². The van der Waals surface area contributed by atoms with Crippen LogP contribution in [-0.2, 0) is 10.2 Å². The van der Waals surface area contributed by atoms with E-state index in [1.807, 2.05) is 11.4 Å². The Kier molecular flexibility index (Phi) is 4.46. The van der Waals surface area contributed by atoms with Crippen LogP contribution in [-0.4, -0.2) is 17.1 Å². The molecule has 0 saturated heterocycles. The zero-order chi connectivity index (χ0) is 15.7. The van der Waals surface area contributed by atoms with Gasteiger partial charge in [-0.2, -0.15) is 0 Å². The van der Waals surface area contributed by atoms with Crippen molar-refractivity contribution in [2.24, 2.45) is 11.1 Å². The first-order chi connectivity index (χ1) is 9.73. The Bertz CT molecular complexity index is 578. The number of carbonyl (C=O) groups is 1. The summed E-state index contributed by atoms with van der Waals surface area (Å²) in [5, 5.41) is 11.7. The Morgan fingerprint density at radius 3 is 2.57 bits per heavy atom. The fourth-order valence-electron chi connectivity index (χ4n) is 2.67. The standard InChI is InChI=1S/C17H23NO2S/c1-16(2,3)7-6-14-10-12(11-21-14)17(15(18)20)8-4-13(19)5-9-17/h10-11,13,19H,4-5,8-9H2,1-3H3,(H2,18,20). The largest absolute Gasteiger partial charge is 0.393 e. The number of thiophene rings is 1. The van der Waals surface area contributed by atoms with Crippen LogP contribution >= 0.6 is 11.3 Å². The minimum atomic E-state index is -0.628. The molecule has 1 fully saturated rings. The van der Waals surface area contributed by atoms with E-state index in [2.05, 4.69) is 32.6 Å². The minimum absolute atomic E-state index is 0.0412. The molecule has 1 saturated carbocycles. The summed E-state index contributed by atoms with van der Waals surface area (Å²) in [5.74, 6) is 6.09. The van der Waals surface area contributed by atoms with Crippen molar-refractivity contribution in [3.05, 3.63) is 21.9 Å². The quantitative estimate of drug-likeness (QED) is 0.825. The van der Waals surface area contributed by atoms with Gasteiger partial charge in [-0.1, -0.05) is 11.8 Å². The lowest BCUT2D eigenvalue weighted by Crippen LogP contribution is -2.44.